The zero-order chi connectivity index (χ0) is 16.6. The van der Waals surface area contributed by atoms with Crippen LogP contribution in [0.3, 0.4) is 0 Å². The van der Waals surface area contributed by atoms with Gasteiger partial charge in [0.25, 0.3) is 0 Å². The third kappa shape index (κ3) is 3.94. The van der Waals surface area contributed by atoms with Gasteiger partial charge in [0.1, 0.15) is 11.6 Å². The highest BCUT2D eigenvalue weighted by atomic mass is 32.2. The fourth-order valence-electron chi connectivity index (χ4n) is 2.80. The van der Waals surface area contributed by atoms with Gasteiger partial charge in [-0.1, -0.05) is 11.2 Å². The number of nitrogens with zero attached hydrogens (tertiary/aromatic N) is 3. The average molecular weight is 339 g/mol. The van der Waals surface area contributed by atoms with E-state index in [-0.39, 0.29) is 23.4 Å². The van der Waals surface area contributed by atoms with Crippen LogP contribution < -0.4 is 0 Å². The van der Waals surface area contributed by atoms with Crippen LogP contribution >= 0.6 is 0 Å². The number of halogens is 1. The van der Waals surface area contributed by atoms with Crippen molar-refractivity contribution in [3.8, 4) is 0 Å². The van der Waals surface area contributed by atoms with Gasteiger partial charge >= 0.3 is 0 Å². The largest absolute Gasteiger partial charge is 0.338 e. The summed E-state index contributed by atoms with van der Waals surface area (Å²) in [6.07, 6.45) is 1.95. The lowest BCUT2D eigenvalue weighted by molar-refractivity contribution is 0.153. The molecule has 0 fully saturated rings. The first-order valence-corrected chi connectivity index (χ1v) is 9.37. The van der Waals surface area contributed by atoms with E-state index in [1.807, 2.05) is 6.07 Å². The zero-order valence-corrected chi connectivity index (χ0v) is 13.8. The van der Waals surface area contributed by atoms with Crippen LogP contribution in [0.25, 0.3) is 0 Å². The molecule has 1 aliphatic rings. The van der Waals surface area contributed by atoms with E-state index in [0.717, 1.165) is 23.8 Å². The van der Waals surface area contributed by atoms with Gasteiger partial charge in [0.2, 0.25) is 5.89 Å². The van der Waals surface area contributed by atoms with E-state index >= 15 is 0 Å². The van der Waals surface area contributed by atoms with Crippen molar-refractivity contribution in [2.75, 3.05) is 6.26 Å². The van der Waals surface area contributed by atoms with Crippen LogP contribution in [0.1, 0.15) is 29.8 Å². The fourth-order valence-corrected chi connectivity index (χ4v) is 3.38. The van der Waals surface area contributed by atoms with Crippen LogP contribution in [-0.4, -0.2) is 35.8 Å². The first kappa shape index (κ1) is 16.1. The molecule has 0 saturated heterocycles. The lowest BCUT2D eigenvalue weighted by Crippen LogP contribution is -2.37. The number of benzene rings is 1. The molecule has 6 nitrogen and oxygen atoms in total. The van der Waals surface area contributed by atoms with Crippen molar-refractivity contribution >= 4 is 9.84 Å². The smallest absolute Gasteiger partial charge is 0.240 e. The Kier molecular flexibility index (Phi) is 4.20. The van der Waals surface area contributed by atoms with Gasteiger partial charge < -0.3 is 4.52 Å². The lowest BCUT2D eigenvalue weighted by atomic mass is 9.95. The second-order valence-corrected chi connectivity index (χ2v) is 8.19. The molecule has 0 aliphatic carbocycles. The molecule has 1 atom stereocenters. The van der Waals surface area contributed by atoms with Gasteiger partial charge in [-0.05, 0) is 36.6 Å². The van der Waals surface area contributed by atoms with Crippen LogP contribution in [-0.2, 0) is 35.1 Å². The molecule has 1 unspecified atom stereocenters. The Morgan fingerprint density at radius 1 is 1.39 bits per heavy atom. The van der Waals surface area contributed by atoms with E-state index in [4.69, 9.17) is 4.52 Å². The predicted octanol–water partition coefficient (Wildman–Crippen LogP) is 1.70. The van der Waals surface area contributed by atoms with Gasteiger partial charge in [0, 0.05) is 18.8 Å². The summed E-state index contributed by atoms with van der Waals surface area (Å²) in [6, 6.07) is 5.11. The van der Waals surface area contributed by atoms with Crippen molar-refractivity contribution in [1.82, 2.24) is 15.0 Å². The molecule has 1 aromatic carbocycles. The molecule has 3 rings (SSSR count). The molecule has 124 valence electrons. The second-order valence-electron chi connectivity index (χ2n) is 6.05. The molecule has 8 heteroatoms. The Hall–Kier alpha value is -1.80. The summed E-state index contributed by atoms with van der Waals surface area (Å²) in [5.74, 6) is 0.0561. The fraction of sp³-hybridized carbons (Fsp3) is 0.467. The molecule has 1 aliphatic heterocycles. The minimum atomic E-state index is -3.19. The summed E-state index contributed by atoms with van der Waals surface area (Å²) < 4.78 is 41.0. The summed E-state index contributed by atoms with van der Waals surface area (Å²) in [4.78, 5) is 6.24. The number of rotatable bonds is 4. The molecule has 0 spiro atoms. The van der Waals surface area contributed by atoms with Gasteiger partial charge in [-0.3, -0.25) is 4.90 Å². The lowest BCUT2D eigenvalue weighted by Gasteiger charge is -2.33. The van der Waals surface area contributed by atoms with E-state index in [1.54, 1.807) is 6.07 Å². The number of aromatic nitrogens is 2. The van der Waals surface area contributed by atoms with Gasteiger partial charge in [-0.15, -0.1) is 0 Å². The average Bonchev–Trinajstić information content (AvgIpc) is 2.85. The van der Waals surface area contributed by atoms with Crippen LogP contribution in [0.4, 0.5) is 4.39 Å². The number of sulfone groups is 1. The first-order valence-electron chi connectivity index (χ1n) is 7.31. The minimum Gasteiger partial charge on any atom is -0.338 e. The van der Waals surface area contributed by atoms with Crippen LogP contribution in [0, 0.1) is 5.82 Å². The summed E-state index contributed by atoms with van der Waals surface area (Å²) in [5, 5.41) is 3.70. The maximum atomic E-state index is 13.4. The molecular weight excluding hydrogens is 321 g/mol. The van der Waals surface area contributed by atoms with Gasteiger partial charge in [-0.2, -0.15) is 4.98 Å². The number of fused-ring (bicyclic) bond motifs is 1. The second kappa shape index (κ2) is 6.01. The third-order valence-corrected chi connectivity index (χ3v) is 4.70. The third-order valence-electron chi connectivity index (χ3n) is 3.92. The van der Waals surface area contributed by atoms with E-state index < -0.39 is 9.84 Å². The monoisotopic (exact) mass is 339 g/mol. The summed E-state index contributed by atoms with van der Waals surface area (Å²) >= 11 is 0. The van der Waals surface area contributed by atoms with E-state index in [1.165, 1.54) is 6.07 Å². The van der Waals surface area contributed by atoms with Crippen molar-refractivity contribution in [3.05, 3.63) is 46.9 Å². The molecule has 23 heavy (non-hydrogen) atoms. The Morgan fingerprint density at radius 2 is 2.17 bits per heavy atom. The topological polar surface area (TPSA) is 76.3 Å². The number of hydrogen-bond donors (Lipinski definition) is 0. The van der Waals surface area contributed by atoms with Crippen molar-refractivity contribution in [3.63, 3.8) is 0 Å². The molecular formula is C15H18FN3O3S. The van der Waals surface area contributed by atoms with Crippen LogP contribution in [0.5, 0.6) is 0 Å². The van der Waals surface area contributed by atoms with E-state index in [2.05, 4.69) is 22.0 Å². The van der Waals surface area contributed by atoms with Gasteiger partial charge in [0.15, 0.2) is 15.7 Å². The SMILES string of the molecule is CC1Cc2ccc(F)cc2CN1Cc1nc(CS(C)(=O)=O)no1. The van der Waals surface area contributed by atoms with E-state index in [9.17, 15) is 12.8 Å². The van der Waals surface area contributed by atoms with Crippen molar-refractivity contribution in [1.29, 1.82) is 0 Å². The van der Waals surface area contributed by atoms with Crippen molar-refractivity contribution in [2.45, 2.75) is 38.2 Å². The first-order chi connectivity index (χ1) is 10.8. The predicted molar refractivity (Wildman–Crippen MR) is 81.7 cm³/mol. The maximum absolute atomic E-state index is 13.4. The Bertz CT molecular complexity index is 819. The van der Waals surface area contributed by atoms with Crippen LogP contribution in [0.15, 0.2) is 22.7 Å². The standard InChI is InChI=1S/C15H18FN3O3S/c1-10-5-11-3-4-13(16)6-12(11)7-19(10)8-15-17-14(18-22-15)9-23(2,20)21/h3-4,6,10H,5,7-9H2,1-2H3. The molecule has 0 bridgehead atoms. The highest BCUT2D eigenvalue weighted by molar-refractivity contribution is 7.89. The molecule has 1 aromatic heterocycles. The van der Waals surface area contributed by atoms with Crippen LogP contribution in [0.2, 0.25) is 0 Å². The van der Waals surface area contributed by atoms with Gasteiger partial charge in [-0.25, -0.2) is 12.8 Å². The molecule has 0 N–H and O–H groups in total. The highest BCUT2D eigenvalue weighted by Gasteiger charge is 2.25. The molecule has 0 amide bonds. The maximum Gasteiger partial charge on any atom is 0.240 e. The summed E-state index contributed by atoms with van der Waals surface area (Å²) in [6.45, 7) is 3.09. The Morgan fingerprint density at radius 3 is 2.91 bits per heavy atom. The zero-order valence-electron chi connectivity index (χ0n) is 13.0. The number of hydrogen-bond acceptors (Lipinski definition) is 6. The molecule has 2 heterocycles. The van der Waals surface area contributed by atoms with Crippen molar-refractivity contribution in [2.24, 2.45) is 0 Å². The Balaban J connectivity index is 1.73. The normalized spacial score (nSPS) is 18.8. The molecule has 0 saturated carbocycles. The summed E-state index contributed by atoms with van der Waals surface area (Å²) in [7, 11) is -3.19. The van der Waals surface area contributed by atoms with E-state index in [0.29, 0.717) is 19.0 Å². The quantitative estimate of drug-likeness (QED) is 0.844. The summed E-state index contributed by atoms with van der Waals surface area (Å²) in [5.41, 5.74) is 2.11. The van der Waals surface area contributed by atoms with Crippen molar-refractivity contribution < 1.29 is 17.3 Å². The molecule has 0 radical (unpaired) electrons. The minimum absolute atomic E-state index is 0.165. The van der Waals surface area contributed by atoms with Gasteiger partial charge in [0.05, 0.1) is 6.54 Å². The Labute approximate surface area is 134 Å². The highest BCUT2D eigenvalue weighted by Crippen LogP contribution is 2.25. The molecule has 2 aromatic rings.